The summed E-state index contributed by atoms with van der Waals surface area (Å²) in [5.74, 6) is -0.118. The molecule has 0 aromatic heterocycles. The van der Waals surface area contributed by atoms with E-state index in [-0.39, 0.29) is 11.7 Å². The van der Waals surface area contributed by atoms with Gasteiger partial charge in [-0.15, -0.1) is 0 Å². The van der Waals surface area contributed by atoms with Crippen LogP contribution in [0.15, 0.2) is 121 Å². The molecule has 1 aliphatic rings. The lowest BCUT2D eigenvalue weighted by Crippen LogP contribution is -2.44. The van der Waals surface area contributed by atoms with E-state index in [9.17, 15) is 0 Å². The average Bonchev–Trinajstić information content (AvgIpc) is 2.97. The highest BCUT2D eigenvalue weighted by molar-refractivity contribution is 5.91. The Bertz CT molecular complexity index is 1400. The van der Waals surface area contributed by atoms with Gasteiger partial charge in [-0.1, -0.05) is 118 Å². The Morgan fingerprint density at radius 3 is 1.95 bits per heavy atom. The smallest absolute Gasteiger partial charge is 0.140 e. The highest BCUT2D eigenvalue weighted by Gasteiger charge is 2.31. The quantitative estimate of drug-likeness (QED) is 0.224. The van der Waals surface area contributed by atoms with E-state index in [0.717, 1.165) is 47.5 Å². The molecule has 198 valence electrons. The van der Waals surface area contributed by atoms with Gasteiger partial charge in [-0.3, -0.25) is 0 Å². The van der Waals surface area contributed by atoms with Crippen LogP contribution in [0.2, 0.25) is 0 Å². The summed E-state index contributed by atoms with van der Waals surface area (Å²) >= 11 is 0. The number of nitrogens with two attached hydrogens (primary N) is 1. The lowest BCUT2D eigenvalue weighted by Gasteiger charge is -2.35. The zero-order valence-electron chi connectivity index (χ0n) is 22.9. The normalized spacial score (nSPS) is 18.6. The predicted octanol–water partition coefficient (Wildman–Crippen LogP) is 9.83. The molecular formula is C36H37FN2. The number of benzene rings is 4. The summed E-state index contributed by atoms with van der Waals surface area (Å²) in [7, 11) is 0. The molecule has 0 aliphatic heterocycles. The molecule has 5 rings (SSSR count). The summed E-state index contributed by atoms with van der Waals surface area (Å²) < 4.78 is 16.8. The van der Waals surface area contributed by atoms with Gasteiger partial charge >= 0.3 is 0 Å². The molecule has 2 N–H and O–H groups in total. The Labute approximate surface area is 232 Å². The van der Waals surface area contributed by atoms with E-state index in [1.54, 1.807) is 0 Å². The number of allylic oxidation sites excluding steroid dienone is 2. The van der Waals surface area contributed by atoms with Crippen LogP contribution in [0.1, 0.15) is 45.1 Å². The minimum absolute atomic E-state index is 0.110. The summed E-state index contributed by atoms with van der Waals surface area (Å²) in [6.07, 6.45) is 10.6. The van der Waals surface area contributed by atoms with Crippen molar-refractivity contribution in [3.05, 3.63) is 133 Å². The van der Waals surface area contributed by atoms with Gasteiger partial charge in [0.1, 0.15) is 5.82 Å². The Balaban J connectivity index is 1.64. The third kappa shape index (κ3) is 5.60. The summed E-state index contributed by atoms with van der Waals surface area (Å²) in [4.78, 5) is 2.13. The first-order valence-corrected chi connectivity index (χ1v) is 14.0. The molecule has 0 saturated heterocycles. The van der Waals surface area contributed by atoms with Crippen LogP contribution in [0.3, 0.4) is 0 Å². The Morgan fingerprint density at radius 1 is 0.795 bits per heavy atom. The number of hydrogen-bond acceptors (Lipinski definition) is 2. The minimum Gasteiger partial charge on any atom is -0.321 e. The van der Waals surface area contributed by atoms with Crippen molar-refractivity contribution in [2.45, 2.75) is 45.1 Å². The summed E-state index contributed by atoms with van der Waals surface area (Å²) in [6, 6.07) is 34.1. The molecule has 0 fully saturated rings. The molecule has 39 heavy (non-hydrogen) atoms. The van der Waals surface area contributed by atoms with Gasteiger partial charge in [0.15, 0.2) is 0 Å². The molecule has 4 aromatic carbocycles. The van der Waals surface area contributed by atoms with Gasteiger partial charge in [0, 0.05) is 28.0 Å². The van der Waals surface area contributed by atoms with E-state index in [2.05, 4.69) is 55.2 Å². The van der Waals surface area contributed by atoms with E-state index in [1.807, 2.05) is 84.9 Å². The zero-order valence-corrected chi connectivity index (χ0v) is 22.9. The monoisotopic (exact) mass is 516 g/mol. The molecule has 0 radical (unpaired) electrons. The number of rotatable bonds is 9. The first-order valence-electron chi connectivity index (χ1n) is 14.0. The molecule has 0 bridgehead atoms. The first kappa shape index (κ1) is 26.6. The van der Waals surface area contributed by atoms with Crippen LogP contribution in [0, 0.1) is 11.7 Å². The van der Waals surface area contributed by atoms with Gasteiger partial charge in [0.05, 0.1) is 5.69 Å². The lowest BCUT2D eigenvalue weighted by atomic mass is 9.76. The minimum atomic E-state index is -0.394. The Hall–Kier alpha value is -3.95. The second-order valence-corrected chi connectivity index (χ2v) is 10.5. The molecule has 2 atom stereocenters. The highest BCUT2D eigenvalue weighted by atomic mass is 19.1. The van der Waals surface area contributed by atoms with Crippen LogP contribution in [-0.2, 0) is 0 Å². The molecule has 1 aliphatic carbocycles. The third-order valence-corrected chi connectivity index (χ3v) is 7.83. The van der Waals surface area contributed by atoms with Crippen LogP contribution in [0.5, 0.6) is 0 Å². The summed E-state index contributed by atoms with van der Waals surface area (Å²) in [5, 5.41) is 0. The number of anilines is 3. The Morgan fingerprint density at radius 2 is 1.38 bits per heavy atom. The molecule has 0 saturated carbocycles. The topological polar surface area (TPSA) is 29.3 Å². The summed E-state index contributed by atoms with van der Waals surface area (Å²) in [5.41, 5.74) is 12.0. The molecule has 0 heterocycles. The molecular weight excluding hydrogens is 479 g/mol. The molecule has 0 spiro atoms. The first-order chi connectivity index (χ1) is 19.0. The maximum Gasteiger partial charge on any atom is 0.140 e. The zero-order chi connectivity index (χ0) is 27.2. The van der Waals surface area contributed by atoms with Crippen molar-refractivity contribution in [1.82, 2.24) is 0 Å². The van der Waals surface area contributed by atoms with Crippen LogP contribution < -0.4 is 10.6 Å². The maximum atomic E-state index is 16.8. The maximum absolute atomic E-state index is 16.8. The fourth-order valence-corrected chi connectivity index (χ4v) is 5.48. The van der Waals surface area contributed by atoms with Crippen molar-refractivity contribution in [1.29, 1.82) is 0 Å². The van der Waals surface area contributed by atoms with Crippen molar-refractivity contribution in [2.24, 2.45) is 11.7 Å². The second kappa shape index (κ2) is 11.8. The third-order valence-electron chi connectivity index (χ3n) is 7.83. The number of para-hydroxylation sites is 2. The van der Waals surface area contributed by atoms with Gasteiger partial charge in [0.25, 0.3) is 0 Å². The van der Waals surface area contributed by atoms with E-state index in [4.69, 9.17) is 5.73 Å². The van der Waals surface area contributed by atoms with E-state index in [0.29, 0.717) is 11.1 Å². The highest BCUT2D eigenvalue weighted by Crippen LogP contribution is 2.44. The summed E-state index contributed by atoms with van der Waals surface area (Å²) in [6.45, 7) is 4.35. The molecule has 2 unspecified atom stereocenters. The van der Waals surface area contributed by atoms with Crippen molar-refractivity contribution in [2.75, 3.05) is 4.90 Å². The van der Waals surface area contributed by atoms with E-state index >= 15 is 4.39 Å². The predicted molar refractivity (Wildman–Crippen MR) is 164 cm³/mol. The average molecular weight is 517 g/mol. The SMILES string of the molecule is CCCCCC1(N)C=CC(c2ccc(N(c3ccccc3)c3ccccc3)c(-c3ccccc3)c2F)=CC1C. The van der Waals surface area contributed by atoms with Crippen LogP contribution in [0.4, 0.5) is 21.5 Å². The van der Waals surface area contributed by atoms with Gasteiger partial charge in [-0.05, 0) is 59.9 Å². The van der Waals surface area contributed by atoms with Crippen molar-refractivity contribution in [3.63, 3.8) is 0 Å². The molecule has 0 amide bonds. The van der Waals surface area contributed by atoms with Gasteiger partial charge in [0.2, 0.25) is 0 Å². The second-order valence-electron chi connectivity index (χ2n) is 10.5. The lowest BCUT2D eigenvalue weighted by molar-refractivity contribution is 0.373. The van der Waals surface area contributed by atoms with Crippen LogP contribution in [0.25, 0.3) is 16.7 Å². The molecule has 3 heteroatoms. The number of unbranched alkanes of at least 4 members (excludes halogenated alkanes) is 2. The van der Waals surface area contributed by atoms with Crippen molar-refractivity contribution in [3.8, 4) is 11.1 Å². The molecule has 2 nitrogen and oxygen atoms in total. The van der Waals surface area contributed by atoms with Gasteiger partial charge in [-0.2, -0.15) is 0 Å². The fourth-order valence-electron chi connectivity index (χ4n) is 5.48. The Kier molecular flexibility index (Phi) is 8.09. The number of nitrogens with zero attached hydrogens (tertiary/aromatic N) is 1. The number of hydrogen-bond donors (Lipinski definition) is 1. The van der Waals surface area contributed by atoms with Crippen molar-refractivity contribution >= 4 is 22.6 Å². The van der Waals surface area contributed by atoms with Gasteiger partial charge in [-0.25, -0.2) is 4.39 Å². The largest absolute Gasteiger partial charge is 0.321 e. The van der Waals surface area contributed by atoms with E-state index < -0.39 is 5.54 Å². The number of halogens is 1. The van der Waals surface area contributed by atoms with Crippen LogP contribution >= 0.6 is 0 Å². The standard InChI is InChI=1S/C36H37FN2/c1-3-4-14-24-36(38)25-23-29(26-27(36)2)32-21-22-33(34(35(32)37)28-15-8-5-9-16-28)39(30-17-10-6-11-18-30)31-19-12-7-13-20-31/h5-13,15-23,25-27H,3-4,14,24,38H2,1-2H3. The van der Waals surface area contributed by atoms with Gasteiger partial charge < -0.3 is 10.6 Å². The molecule has 4 aromatic rings. The fraction of sp³-hybridized carbons (Fsp3) is 0.222. The van der Waals surface area contributed by atoms with Crippen molar-refractivity contribution < 1.29 is 4.39 Å². The van der Waals surface area contributed by atoms with Crippen LogP contribution in [-0.4, -0.2) is 5.54 Å². The van der Waals surface area contributed by atoms with E-state index in [1.165, 1.54) is 6.42 Å².